The summed E-state index contributed by atoms with van der Waals surface area (Å²) in [6.45, 7) is -0.804. The predicted molar refractivity (Wildman–Crippen MR) is 49.4 cm³/mol. The number of hydrogen-bond donors (Lipinski definition) is 0. The number of benzene rings is 1. The highest BCUT2D eigenvalue weighted by molar-refractivity contribution is 5.72. The third-order valence-electron chi connectivity index (χ3n) is 1.89. The van der Waals surface area contributed by atoms with Crippen molar-refractivity contribution in [2.45, 2.75) is 6.42 Å². The van der Waals surface area contributed by atoms with Gasteiger partial charge in [0.05, 0.1) is 6.42 Å². The first-order valence-corrected chi connectivity index (χ1v) is 4.75. The van der Waals surface area contributed by atoms with Gasteiger partial charge < -0.3 is 9.57 Å². The maximum atomic E-state index is 13.1. The van der Waals surface area contributed by atoms with Crippen molar-refractivity contribution in [3.63, 3.8) is 0 Å². The zero-order chi connectivity index (χ0) is 15.4. The second kappa shape index (κ2) is 6.12. The molecule has 0 aliphatic rings. The van der Waals surface area contributed by atoms with Crippen LogP contribution >= 0.6 is 0 Å². The Bertz CT molecular complexity index is 535. The summed E-state index contributed by atoms with van der Waals surface area (Å²) in [5.74, 6) is -14.9. The zero-order valence-electron chi connectivity index (χ0n) is 9.29. The lowest BCUT2D eigenvalue weighted by molar-refractivity contribution is -0.757. The average molecular weight is 301 g/mol. The van der Waals surface area contributed by atoms with E-state index in [4.69, 9.17) is 0 Å². The molecule has 0 aliphatic carbocycles. The summed E-state index contributed by atoms with van der Waals surface area (Å²) in [7, 11) is 0. The van der Waals surface area contributed by atoms with Crippen molar-refractivity contribution < 1.29 is 41.4 Å². The zero-order valence-corrected chi connectivity index (χ0v) is 9.29. The van der Waals surface area contributed by atoms with Crippen molar-refractivity contribution in [2.75, 3.05) is 6.61 Å². The summed E-state index contributed by atoms with van der Waals surface area (Å²) in [6, 6.07) is 0. The van der Waals surface area contributed by atoms with Gasteiger partial charge in [0.1, 0.15) is 6.61 Å². The predicted octanol–water partition coefficient (Wildman–Crippen LogP) is 1.89. The number of carbonyl (C=O) groups is 1. The molecule has 1 aromatic rings. The van der Waals surface area contributed by atoms with Crippen LogP contribution in [0.15, 0.2) is 0 Å². The van der Waals surface area contributed by atoms with Gasteiger partial charge in [-0.25, -0.2) is 13.2 Å². The molecule has 110 valence electrons. The van der Waals surface area contributed by atoms with Gasteiger partial charge in [0.2, 0.25) is 34.8 Å². The third kappa shape index (κ3) is 3.30. The van der Waals surface area contributed by atoms with Gasteiger partial charge in [-0.1, -0.05) is 0 Å². The molecule has 0 unspecified atom stereocenters. The fourth-order valence-corrected chi connectivity index (χ4v) is 1.04. The van der Waals surface area contributed by atoms with Gasteiger partial charge in [-0.2, -0.15) is 8.78 Å². The highest BCUT2D eigenvalue weighted by atomic mass is 19.2. The second-order valence-corrected chi connectivity index (χ2v) is 3.18. The highest BCUT2D eigenvalue weighted by Gasteiger charge is 2.28. The van der Waals surface area contributed by atoms with Gasteiger partial charge in [0.25, 0.3) is 5.09 Å². The quantitative estimate of drug-likeness (QED) is 0.158. The number of carbonyl (C=O) groups excluding carboxylic acids is 1. The van der Waals surface area contributed by atoms with Crippen LogP contribution in [0, 0.1) is 39.2 Å². The highest BCUT2D eigenvalue weighted by Crippen LogP contribution is 2.29. The Morgan fingerprint density at radius 1 is 1.00 bits per heavy atom. The van der Waals surface area contributed by atoms with Gasteiger partial charge in [0.15, 0.2) is 0 Å². The molecule has 0 amide bonds. The molecule has 0 saturated heterocycles. The molecule has 0 bridgehead atoms. The lowest BCUT2D eigenvalue weighted by Crippen LogP contribution is -2.16. The van der Waals surface area contributed by atoms with Crippen molar-refractivity contribution in [3.05, 3.63) is 39.2 Å². The molecule has 0 saturated carbocycles. The molecule has 6 nitrogen and oxygen atoms in total. The van der Waals surface area contributed by atoms with E-state index < -0.39 is 58.9 Å². The van der Waals surface area contributed by atoms with Crippen LogP contribution in [0.5, 0.6) is 5.75 Å². The first kappa shape index (κ1) is 15.6. The molecular formula is C9H4F5NO5. The van der Waals surface area contributed by atoms with Crippen LogP contribution in [0.4, 0.5) is 22.0 Å². The van der Waals surface area contributed by atoms with Gasteiger partial charge in [-0.15, -0.1) is 10.1 Å². The van der Waals surface area contributed by atoms with Crippen molar-refractivity contribution in [1.82, 2.24) is 0 Å². The molecule has 11 heteroatoms. The molecule has 0 spiro atoms. The van der Waals surface area contributed by atoms with E-state index >= 15 is 0 Å². The minimum atomic E-state index is -2.41. The summed E-state index contributed by atoms with van der Waals surface area (Å²) in [5, 5.41) is 8.50. The van der Waals surface area contributed by atoms with Gasteiger partial charge >= 0.3 is 5.97 Å². The lowest BCUT2D eigenvalue weighted by atomic mass is 10.2. The van der Waals surface area contributed by atoms with E-state index in [2.05, 4.69) is 9.57 Å². The van der Waals surface area contributed by atoms with E-state index in [1.807, 2.05) is 0 Å². The summed E-state index contributed by atoms with van der Waals surface area (Å²) in [6.07, 6.45) is -0.833. The Kier molecular flexibility index (Phi) is 4.78. The fraction of sp³-hybridized carbons (Fsp3) is 0.222. The first-order chi connectivity index (χ1) is 9.25. The van der Waals surface area contributed by atoms with E-state index in [-0.39, 0.29) is 0 Å². The van der Waals surface area contributed by atoms with Crippen LogP contribution in [-0.4, -0.2) is 17.7 Å². The van der Waals surface area contributed by atoms with Crippen LogP contribution in [0.2, 0.25) is 0 Å². The van der Waals surface area contributed by atoms with Crippen molar-refractivity contribution in [2.24, 2.45) is 0 Å². The number of halogens is 5. The molecule has 0 radical (unpaired) electrons. The van der Waals surface area contributed by atoms with Gasteiger partial charge in [-0.3, -0.25) is 4.79 Å². The average Bonchev–Trinajstić information content (AvgIpc) is 2.39. The summed E-state index contributed by atoms with van der Waals surface area (Å²) >= 11 is 0. The molecule has 20 heavy (non-hydrogen) atoms. The molecule has 1 aromatic carbocycles. The summed E-state index contributed by atoms with van der Waals surface area (Å²) in [4.78, 5) is 24.5. The van der Waals surface area contributed by atoms with E-state index in [9.17, 15) is 36.9 Å². The molecule has 0 fully saturated rings. The van der Waals surface area contributed by atoms with Crippen molar-refractivity contribution in [3.8, 4) is 5.75 Å². The van der Waals surface area contributed by atoms with Crippen LogP contribution in [0.25, 0.3) is 0 Å². The van der Waals surface area contributed by atoms with Gasteiger partial charge in [0, 0.05) is 0 Å². The Labute approximate surface area is 106 Å². The monoisotopic (exact) mass is 301 g/mol. The molecule has 0 atom stereocenters. The summed E-state index contributed by atoms with van der Waals surface area (Å²) in [5.41, 5.74) is 0. The molecule has 1 rings (SSSR count). The van der Waals surface area contributed by atoms with E-state index in [0.29, 0.717) is 0 Å². The minimum Gasteiger partial charge on any atom is -0.420 e. The maximum Gasteiger partial charge on any atom is 0.313 e. The number of hydrogen-bond acceptors (Lipinski definition) is 5. The van der Waals surface area contributed by atoms with Crippen LogP contribution < -0.4 is 4.74 Å². The van der Waals surface area contributed by atoms with Crippen LogP contribution in [-0.2, 0) is 9.63 Å². The lowest BCUT2D eigenvalue weighted by Gasteiger charge is -2.08. The Morgan fingerprint density at radius 2 is 1.45 bits per heavy atom. The second-order valence-electron chi connectivity index (χ2n) is 3.18. The van der Waals surface area contributed by atoms with E-state index in [0.717, 1.165) is 0 Å². The smallest absolute Gasteiger partial charge is 0.313 e. The number of rotatable bonds is 5. The van der Waals surface area contributed by atoms with Crippen LogP contribution in [0.3, 0.4) is 0 Å². The van der Waals surface area contributed by atoms with Gasteiger partial charge in [-0.05, 0) is 0 Å². The normalized spacial score (nSPS) is 10.2. The molecule has 0 heterocycles. The molecule has 0 N–H and O–H groups in total. The Morgan fingerprint density at radius 3 is 1.90 bits per heavy atom. The molecule has 0 aliphatic heterocycles. The third-order valence-corrected chi connectivity index (χ3v) is 1.89. The molecular weight excluding hydrogens is 297 g/mol. The van der Waals surface area contributed by atoms with Crippen molar-refractivity contribution in [1.29, 1.82) is 0 Å². The number of nitrogens with zero attached hydrogens (tertiary/aromatic N) is 1. The largest absolute Gasteiger partial charge is 0.420 e. The Balaban J connectivity index is 2.88. The topological polar surface area (TPSA) is 78.7 Å². The fourth-order valence-electron chi connectivity index (χ4n) is 1.04. The first-order valence-electron chi connectivity index (χ1n) is 4.75. The SMILES string of the molecule is O=C(CCO[N+](=O)[O-])Oc1c(F)c(F)c(F)c(F)c1F. The summed E-state index contributed by atoms with van der Waals surface area (Å²) < 4.78 is 68.2. The van der Waals surface area contributed by atoms with E-state index in [1.165, 1.54) is 0 Å². The van der Waals surface area contributed by atoms with Crippen molar-refractivity contribution >= 4 is 5.97 Å². The Hall–Kier alpha value is -2.46. The standard InChI is InChI=1S/C9H4F5NO5/c10-4-5(11)7(13)9(8(14)6(4)12)20-3(16)1-2-19-15(17)18/h1-2H2. The number of esters is 1. The van der Waals surface area contributed by atoms with Crippen LogP contribution in [0.1, 0.15) is 6.42 Å². The molecule has 0 aromatic heterocycles. The minimum absolute atomic E-state index is 0.804. The number of ether oxygens (including phenoxy) is 1. The maximum absolute atomic E-state index is 13.1. The van der Waals surface area contributed by atoms with E-state index in [1.54, 1.807) is 0 Å².